The van der Waals surface area contributed by atoms with Crippen LogP contribution in [-0.2, 0) is 9.53 Å². The first kappa shape index (κ1) is 14.3. The molecular formula is C18H22O3. The van der Waals surface area contributed by atoms with Gasteiger partial charge >= 0.3 is 5.97 Å². The van der Waals surface area contributed by atoms with Crippen LogP contribution >= 0.6 is 0 Å². The molecule has 3 rings (SSSR count). The molecule has 2 aliphatic rings. The Morgan fingerprint density at radius 3 is 2.52 bits per heavy atom. The summed E-state index contributed by atoms with van der Waals surface area (Å²) in [5, 5.41) is 0. The van der Waals surface area contributed by atoms with Gasteiger partial charge in [-0.3, -0.25) is 9.59 Å². The van der Waals surface area contributed by atoms with Crippen LogP contribution < -0.4 is 0 Å². The molecular weight excluding hydrogens is 264 g/mol. The van der Waals surface area contributed by atoms with E-state index in [1.54, 1.807) is 19.1 Å². The number of carbonyl (C=O) groups excluding carboxylic acids is 2. The van der Waals surface area contributed by atoms with Gasteiger partial charge in [-0.1, -0.05) is 36.8 Å². The van der Waals surface area contributed by atoms with Crippen molar-refractivity contribution in [3.63, 3.8) is 0 Å². The normalized spacial score (nSPS) is 28.3. The fourth-order valence-electron chi connectivity index (χ4n) is 4.19. The number of hydrogen-bond donors (Lipinski definition) is 0. The van der Waals surface area contributed by atoms with Crippen molar-refractivity contribution in [1.82, 2.24) is 0 Å². The zero-order chi connectivity index (χ0) is 14.8. The molecule has 2 saturated carbocycles. The molecule has 0 amide bonds. The average molecular weight is 286 g/mol. The van der Waals surface area contributed by atoms with E-state index in [0.29, 0.717) is 24.0 Å². The predicted molar refractivity (Wildman–Crippen MR) is 79.8 cm³/mol. The van der Waals surface area contributed by atoms with Crippen LogP contribution in [0, 0.1) is 23.7 Å². The van der Waals surface area contributed by atoms with Crippen molar-refractivity contribution in [2.45, 2.75) is 32.6 Å². The lowest BCUT2D eigenvalue weighted by Crippen LogP contribution is -2.35. The van der Waals surface area contributed by atoms with Gasteiger partial charge in [0, 0.05) is 5.56 Å². The van der Waals surface area contributed by atoms with Crippen molar-refractivity contribution in [3.8, 4) is 0 Å². The topological polar surface area (TPSA) is 43.4 Å². The molecule has 3 nitrogen and oxygen atoms in total. The molecule has 0 heterocycles. The maximum Gasteiger partial charge on any atom is 0.317 e. The van der Waals surface area contributed by atoms with Gasteiger partial charge in [0.1, 0.15) is 5.92 Å². The van der Waals surface area contributed by atoms with E-state index in [0.717, 1.165) is 12.8 Å². The largest absolute Gasteiger partial charge is 0.465 e. The number of hydrogen-bond acceptors (Lipinski definition) is 3. The first-order chi connectivity index (χ1) is 10.2. The van der Waals surface area contributed by atoms with Crippen molar-refractivity contribution < 1.29 is 14.3 Å². The zero-order valence-electron chi connectivity index (χ0n) is 12.5. The second-order valence-corrected chi connectivity index (χ2v) is 6.30. The predicted octanol–water partition coefficient (Wildman–Crippen LogP) is 3.48. The van der Waals surface area contributed by atoms with Gasteiger partial charge in [-0.2, -0.15) is 0 Å². The van der Waals surface area contributed by atoms with E-state index < -0.39 is 5.92 Å². The van der Waals surface area contributed by atoms with E-state index in [1.807, 2.05) is 18.2 Å². The maximum atomic E-state index is 12.8. The SMILES string of the molecule is CCOC(=O)C(C(=O)c1ccccc1)C1CC2CCC1C2. The third-order valence-electron chi connectivity index (χ3n) is 5.10. The Balaban J connectivity index is 1.86. The number of Topliss-reactive ketones (excluding diaryl/α,β-unsaturated/α-hetero) is 1. The molecule has 0 radical (unpaired) electrons. The monoisotopic (exact) mass is 286 g/mol. The van der Waals surface area contributed by atoms with Gasteiger partial charge < -0.3 is 4.74 Å². The van der Waals surface area contributed by atoms with Gasteiger partial charge in [0.2, 0.25) is 0 Å². The fourth-order valence-corrected chi connectivity index (χ4v) is 4.19. The van der Waals surface area contributed by atoms with Crippen molar-refractivity contribution in [2.24, 2.45) is 23.7 Å². The highest BCUT2D eigenvalue weighted by atomic mass is 16.5. The van der Waals surface area contributed by atoms with Crippen LogP contribution in [0.3, 0.4) is 0 Å². The van der Waals surface area contributed by atoms with Gasteiger partial charge in [-0.15, -0.1) is 0 Å². The van der Waals surface area contributed by atoms with E-state index in [4.69, 9.17) is 4.74 Å². The van der Waals surface area contributed by atoms with Gasteiger partial charge in [0.25, 0.3) is 0 Å². The Morgan fingerprint density at radius 2 is 1.95 bits per heavy atom. The molecule has 0 saturated heterocycles. The second kappa shape index (κ2) is 6.00. The summed E-state index contributed by atoms with van der Waals surface area (Å²) in [6, 6.07) is 9.16. The third kappa shape index (κ3) is 2.74. The minimum absolute atomic E-state index is 0.0633. The zero-order valence-corrected chi connectivity index (χ0v) is 12.5. The molecule has 1 aromatic rings. The Labute approximate surface area is 125 Å². The van der Waals surface area contributed by atoms with Crippen LogP contribution in [0.25, 0.3) is 0 Å². The second-order valence-electron chi connectivity index (χ2n) is 6.30. The molecule has 0 N–H and O–H groups in total. The molecule has 2 aliphatic carbocycles. The third-order valence-corrected chi connectivity index (χ3v) is 5.10. The highest BCUT2D eigenvalue weighted by Gasteiger charge is 2.48. The smallest absolute Gasteiger partial charge is 0.317 e. The molecule has 4 atom stereocenters. The Morgan fingerprint density at radius 1 is 1.19 bits per heavy atom. The van der Waals surface area contributed by atoms with Crippen LogP contribution in [0.5, 0.6) is 0 Å². The first-order valence-corrected chi connectivity index (χ1v) is 7.96. The Bertz CT molecular complexity index is 523. The number of ether oxygens (including phenoxy) is 1. The summed E-state index contributed by atoms with van der Waals surface area (Å²) in [6.07, 6.45) is 4.61. The summed E-state index contributed by atoms with van der Waals surface area (Å²) in [5.74, 6) is 0.409. The van der Waals surface area contributed by atoms with Crippen LogP contribution in [0.2, 0.25) is 0 Å². The molecule has 2 bridgehead atoms. The molecule has 3 heteroatoms. The van der Waals surface area contributed by atoms with E-state index in [-0.39, 0.29) is 17.7 Å². The summed E-state index contributed by atoms with van der Waals surface area (Å²) in [5.41, 5.74) is 0.623. The summed E-state index contributed by atoms with van der Waals surface area (Å²) < 4.78 is 5.21. The lowest BCUT2D eigenvalue weighted by Gasteiger charge is -2.28. The summed E-state index contributed by atoms with van der Waals surface area (Å²) in [7, 11) is 0. The molecule has 1 aromatic carbocycles. The van der Waals surface area contributed by atoms with Gasteiger partial charge in [0.15, 0.2) is 5.78 Å². The highest BCUT2D eigenvalue weighted by Crippen LogP contribution is 2.51. The maximum absolute atomic E-state index is 12.8. The van der Waals surface area contributed by atoms with Crippen LogP contribution in [-0.4, -0.2) is 18.4 Å². The molecule has 21 heavy (non-hydrogen) atoms. The lowest BCUT2D eigenvalue weighted by molar-refractivity contribution is -0.148. The number of esters is 1. The molecule has 112 valence electrons. The standard InChI is InChI=1S/C18H22O3/c1-2-21-18(20)16(15-11-12-8-9-14(15)10-12)17(19)13-6-4-3-5-7-13/h3-7,12,14-16H,2,8-11H2,1H3. The van der Waals surface area contributed by atoms with E-state index in [2.05, 4.69) is 0 Å². The van der Waals surface area contributed by atoms with Gasteiger partial charge in [0.05, 0.1) is 6.61 Å². The number of ketones is 1. The first-order valence-electron chi connectivity index (χ1n) is 7.96. The molecule has 2 fully saturated rings. The molecule has 4 unspecified atom stereocenters. The number of carbonyl (C=O) groups is 2. The van der Waals surface area contributed by atoms with E-state index >= 15 is 0 Å². The Kier molecular flexibility index (Phi) is 4.09. The Hall–Kier alpha value is -1.64. The minimum atomic E-state index is -0.609. The summed E-state index contributed by atoms with van der Waals surface area (Å²) in [4.78, 5) is 25.2. The average Bonchev–Trinajstić information content (AvgIpc) is 3.11. The van der Waals surface area contributed by atoms with Gasteiger partial charge in [-0.05, 0) is 43.9 Å². The van der Waals surface area contributed by atoms with Crippen LogP contribution in [0.4, 0.5) is 0 Å². The molecule has 0 spiro atoms. The van der Waals surface area contributed by atoms with Crippen LogP contribution in [0.1, 0.15) is 43.0 Å². The summed E-state index contributed by atoms with van der Waals surface area (Å²) in [6.45, 7) is 2.13. The number of benzene rings is 1. The molecule has 0 aliphatic heterocycles. The van der Waals surface area contributed by atoms with Crippen LogP contribution in [0.15, 0.2) is 30.3 Å². The summed E-state index contributed by atoms with van der Waals surface area (Å²) >= 11 is 0. The lowest BCUT2D eigenvalue weighted by atomic mass is 9.76. The minimum Gasteiger partial charge on any atom is -0.465 e. The van der Waals surface area contributed by atoms with Crippen molar-refractivity contribution >= 4 is 11.8 Å². The van der Waals surface area contributed by atoms with Gasteiger partial charge in [-0.25, -0.2) is 0 Å². The quantitative estimate of drug-likeness (QED) is 0.473. The van der Waals surface area contributed by atoms with E-state index in [9.17, 15) is 9.59 Å². The number of fused-ring (bicyclic) bond motifs is 2. The highest BCUT2D eigenvalue weighted by molar-refractivity contribution is 6.08. The number of rotatable bonds is 5. The fraction of sp³-hybridized carbons (Fsp3) is 0.556. The molecule has 0 aromatic heterocycles. The van der Waals surface area contributed by atoms with Crippen molar-refractivity contribution in [2.75, 3.05) is 6.61 Å². The van der Waals surface area contributed by atoms with E-state index in [1.165, 1.54) is 12.8 Å². The van der Waals surface area contributed by atoms with Crippen molar-refractivity contribution in [1.29, 1.82) is 0 Å². The van der Waals surface area contributed by atoms with Crippen molar-refractivity contribution in [3.05, 3.63) is 35.9 Å².